The first-order valence-corrected chi connectivity index (χ1v) is 10.5. The highest BCUT2D eigenvalue weighted by atomic mass is 32.1. The van der Waals surface area contributed by atoms with Crippen LogP contribution in [0, 0.1) is 0 Å². The van der Waals surface area contributed by atoms with Crippen molar-refractivity contribution in [2.75, 3.05) is 31.1 Å². The third kappa shape index (κ3) is 3.82. The lowest BCUT2D eigenvalue weighted by Gasteiger charge is -2.35. The second kappa shape index (κ2) is 7.16. The van der Waals surface area contributed by atoms with E-state index in [0.717, 1.165) is 56.4 Å². The van der Waals surface area contributed by atoms with E-state index >= 15 is 0 Å². The van der Waals surface area contributed by atoms with Crippen molar-refractivity contribution in [2.45, 2.75) is 46.1 Å². The number of aryl methyl sites for hydroxylation is 1. The van der Waals surface area contributed by atoms with Crippen LogP contribution in [-0.4, -0.2) is 55.9 Å². The van der Waals surface area contributed by atoms with E-state index < -0.39 is 0 Å². The van der Waals surface area contributed by atoms with Gasteiger partial charge in [-0.05, 0) is 18.6 Å². The van der Waals surface area contributed by atoms with Gasteiger partial charge in [-0.1, -0.05) is 27.7 Å². The van der Waals surface area contributed by atoms with Gasteiger partial charge in [-0.2, -0.15) is 4.52 Å². The van der Waals surface area contributed by atoms with Crippen molar-refractivity contribution in [3.8, 4) is 0 Å². The molecule has 0 atom stereocenters. The first-order valence-electron chi connectivity index (χ1n) is 9.57. The molecule has 0 bridgehead atoms. The summed E-state index contributed by atoms with van der Waals surface area (Å²) in [5.41, 5.74) is 1.91. The highest BCUT2D eigenvalue weighted by molar-refractivity contribution is 7.09. The van der Waals surface area contributed by atoms with Gasteiger partial charge in [-0.25, -0.2) is 4.98 Å². The summed E-state index contributed by atoms with van der Waals surface area (Å²) in [5, 5.41) is 16.9. The molecule has 0 saturated carbocycles. The maximum absolute atomic E-state index is 4.84. The Labute approximate surface area is 164 Å². The minimum absolute atomic E-state index is 0.0887. The second-order valence-corrected chi connectivity index (χ2v) is 9.03. The van der Waals surface area contributed by atoms with Crippen LogP contribution >= 0.6 is 11.3 Å². The van der Waals surface area contributed by atoms with E-state index in [2.05, 4.69) is 59.1 Å². The summed E-state index contributed by atoms with van der Waals surface area (Å²) in [6.07, 6.45) is 1.02. The summed E-state index contributed by atoms with van der Waals surface area (Å²) in [6.45, 7) is 13.5. The molecule has 1 aliphatic heterocycles. The third-order valence-corrected chi connectivity index (χ3v) is 5.95. The molecule has 1 fully saturated rings. The fourth-order valence-electron chi connectivity index (χ4n) is 3.36. The highest BCUT2D eigenvalue weighted by Gasteiger charge is 2.24. The van der Waals surface area contributed by atoms with Gasteiger partial charge in [-0.3, -0.25) is 4.90 Å². The summed E-state index contributed by atoms with van der Waals surface area (Å²) in [5.74, 6) is 1.89. The molecule has 0 unspecified atom stereocenters. The first kappa shape index (κ1) is 18.3. The van der Waals surface area contributed by atoms with Crippen molar-refractivity contribution in [3.63, 3.8) is 0 Å². The number of hydrogen-bond acceptors (Lipinski definition) is 7. The third-order valence-electron chi connectivity index (χ3n) is 4.90. The van der Waals surface area contributed by atoms with Crippen molar-refractivity contribution in [1.82, 2.24) is 29.7 Å². The van der Waals surface area contributed by atoms with Gasteiger partial charge in [0.15, 0.2) is 11.5 Å². The van der Waals surface area contributed by atoms with E-state index in [0.29, 0.717) is 0 Å². The second-order valence-electron chi connectivity index (χ2n) is 8.08. The number of thiazole rings is 1. The van der Waals surface area contributed by atoms with Gasteiger partial charge in [0.2, 0.25) is 0 Å². The van der Waals surface area contributed by atoms with Crippen LogP contribution in [0.15, 0.2) is 17.5 Å². The Hall–Kier alpha value is -2.06. The zero-order valence-electron chi connectivity index (χ0n) is 16.5. The van der Waals surface area contributed by atoms with Crippen LogP contribution < -0.4 is 4.90 Å². The summed E-state index contributed by atoms with van der Waals surface area (Å²) in [7, 11) is 0. The topological polar surface area (TPSA) is 62.5 Å². The lowest BCUT2D eigenvalue weighted by Crippen LogP contribution is -2.46. The molecule has 144 valence electrons. The lowest BCUT2D eigenvalue weighted by molar-refractivity contribution is 0.246. The molecule has 1 aliphatic rings. The monoisotopic (exact) mass is 385 g/mol. The molecule has 0 radical (unpaired) electrons. The van der Waals surface area contributed by atoms with E-state index in [1.165, 1.54) is 10.7 Å². The lowest BCUT2D eigenvalue weighted by atomic mass is 9.96. The first-order chi connectivity index (χ1) is 12.9. The SMILES string of the molecule is CCc1nc(CN2CCN(c3ccc4nnc(C(C)(C)C)n4n3)CC2)cs1. The predicted octanol–water partition coefficient (Wildman–Crippen LogP) is 2.76. The van der Waals surface area contributed by atoms with Crippen molar-refractivity contribution in [2.24, 2.45) is 0 Å². The van der Waals surface area contributed by atoms with Crippen LogP contribution in [0.4, 0.5) is 5.82 Å². The summed E-state index contributed by atoms with van der Waals surface area (Å²) in [4.78, 5) is 9.52. The molecule has 0 amide bonds. The Morgan fingerprint density at radius 1 is 1.07 bits per heavy atom. The highest BCUT2D eigenvalue weighted by Crippen LogP contribution is 2.22. The fourth-order valence-corrected chi connectivity index (χ4v) is 4.10. The fraction of sp³-hybridized carbons (Fsp3) is 0.579. The smallest absolute Gasteiger partial charge is 0.178 e. The molecule has 4 heterocycles. The average Bonchev–Trinajstić information content (AvgIpc) is 3.28. The Kier molecular flexibility index (Phi) is 4.86. The van der Waals surface area contributed by atoms with Crippen LogP contribution in [-0.2, 0) is 18.4 Å². The van der Waals surface area contributed by atoms with Gasteiger partial charge < -0.3 is 4.90 Å². The van der Waals surface area contributed by atoms with Crippen LogP contribution in [0.2, 0.25) is 0 Å². The van der Waals surface area contributed by atoms with Crippen molar-refractivity contribution in [3.05, 3.63) is 34.0 Å². The minimum Gasteiger partial charge on any atom is -0.353 e. The molecular formula is C19H27N7S. The zero-order valence-corrected chi connectivity index (χ0v) is 17.3. The van der Waals surface area contributed by atoms with Crippen LogP contribution in [0.3, 0.4) is 0 Å². The maximum atomic E-state index is 4.84. The largest absolute Gasteiger partial charge is 0.353 e. The molecule has 3 aromatic heterocycles. The normalized spacial score (nSPS) is 16.4. The van der Waals surface area contributed by atoms with Gasteiger partial charge in [0.05, 0.1) is 10.7 Å². The van der Waals surface area contributed by atoms with E-state index in [9.17, 15) is 0 Å². The van der Waals surface area contributed by atoms with Crippen LogP contribution in [0.5, 0.6) is 0 Å². The van der Waals surface area contributed by atoms with Crippen LogP contribution in [0.25, 0.3) is 5.65 Å². The van der Waals surface area contributed by atoms with Gasteiger partial charge in [-0.15, -0.1) is 26.6 Å². The molecule has 8 heteroatoms. The van der Waals surface area contributed by atoms with Gasteiger partial charge in [0.1, 0.15) is 5.82 Å². The standard InChI is InChI=1S/C19H27N7S/c1-5-17-20-14(13-27-17)12-24-8-10-25(11-9-24)16-7-6-15-21-22-18(19(2,3)4)26(15)23-16/h6-7,13H,5,8-12H2,1-4H3. The number of anilines is 1. The molecular weight excluding hydrogens is 358 g/mol. The molecule has 0 spiro atoms. The van der Waals surface area contributed by atoms with Crippen molar-refractivity contribution in [1.29, 1.82) is 0 Å². The Bertz CT molecular complexity index is 916. The Morgan fingerprint density at radius 3 is 2.52 bits per heavy atom. The number of nitrogens with zero attached hydrogens (tertiary/aromatic N) is 7. The molecule has 0 aromatic carbocycles. The number of piperazine rings is 1. The summed E-state index contributed by atoms with van der Waals surface area (Å²) in [6, 6.07) is 4.07. The minimum atomic E-state index is -0.0887. The Balaban J connectivity index is 1.44. The van der Waals surface area contributed by atoms with E-state index in [1.54, 1.807) is 11.3 Å². The van der Waals surface area contributed by atoms with E-state index in [-0.39, 0.29) is 5.41 Å². The molecule has 0 N–H and O–H groups in total. The Morgan fingerprint density at radius 2 is 1.85 bits per heavy atom. The van der Waals surface area contributed by atoms with Gasteiger partial charge in [0.25, 0.3) is 0 Å². The van der Waals surface area contributed by atoms with Crippen molar-refractivity contribution >= 4 is 22.8 Å². The molecule has 7 nitrogen and oxygen atoms in total. The van der Waals surface area contributed by atoms with Crippen LogP contribution in [0.1, 0.15) is 44.2 Å². The number of rotatable bonds is 4. The van der Waals surface area contributed by atoms with E-state index in [1.807, 2.05) is 10.6 Å². The quantitative estimate of drug-likeness (QED) is 0.688. The maximum Gasteiger partial charge on any atom is 0.178 e. The number of aromatic nitrogens is 5. The summed E-state index contributed by atoms with van der Waals surface area (Å²) >= 11 is 1.77. The van der Waals surface area contributed by atoms with Crippen molar-refractivity contribution < 1.29 is 0 Å². The number of hydrogen-bond donors (Lipinski definition) is 0. The summed E-state index contributed by atoms with van der Waals surface area (Å²) < 4.78 is 1.89. The van der Waals surface area contributed by atoms with Gasteiger partial charge in [0, 0.05) is 43.5 Å². The average molecular weight is 386 g/mol. The molecule has 1 saturated heterocycles. The molecule has 0 aliphatic carbocycles. The molecule has 3 aromatic rings. The zero-order chi connectivity index (χ0) is 19.0. The number of fused-ring (bicyclic) bond motifs is 1. The predicted molar refractivity (Wildman–Crippen MR) is 108 cm³/mol. The van der Waals surface area contributed by atoms with Gasteiger partial charge >= 0.3 is 0 Å². The molecule has 4 rings (SSSR count). The molecule has 27 heavy (non-hydrogen) atoms. The van der Waals surface area contributed by atoms with E-state index in [4.69, 9.17) is 10.1 Å².